The van der Waals surface area contributed by atoms with Crippen molar-refractivity contribution in [3.63, 3.8) is 0 Å². The molecule has 3 heteroatoms. The van der Waals surface area contributed by atoms with Gasteiger partial charge in [0.1, 0.15) is 5.75 Å². The van der Waals surface area contributed by atoms with E-state index in [0.29, 0.717) is 11.5 Å². The quantitative estimate of drug-likeness (QED) is 0.903. The van der Waals surface area contributed by atoms with Crippen LogP contribution in [0.2, 0.25) is 0 Å². The maximum atomic E-state index is 5.29. The van der Waals surface area contributed by atoms with E-state index in [1.165, 1.54) is 18.5 Å². The summed E-state index contributed by atoms with van der Waals surface area (Å²) in [6.07, 6.45) is 2.59. The van der Waals surface area contributed by atoms with Gasteiger partial charge >= 0.3 is 0 Å². The van der Waals surface area contributed by atoms with E-state index >= 15 is 0 Å². The lowest BCUT2D eigenvalue weighted by Crippen LogP contribution is -2.52. The summed E-state index contributed by atoms with van der Waals surface area (Å²) in [5.74, 6) is 0.917. The Kier molecular flexibility index (Phi) is 4.35. The Balaban J connectivity index is 2.05. The maximum absolute atomic E-state index is 5.29. The third-order valence-corrected chi connectivity index (χ3v) is 4.28. The lowest BCUT2D eigenvalue weighted by Gasteiger charge is -2.41. The van der Waals surface area contributed by atoms with Crippen molar-refractivity contribution in [3.05, 3.63) is 24.3 Å². The van der Waals surface area contributed by atoms with Crippen LogP contribution in [0.25, 0.3) is 0 Å². The summed E-state index contributed by atoms with van der Waals surface area (Å²) in [6.45, 7) is 6.90. The Bertz CT molecular complexity index is 417. The van der Waals surface area contributed by atoms with E-state index in [-0.39, 0.29) is 0 Å². The second kappa shape index (κ2) is 5.83. The zero-order valence-corrected chi connectivity index (χ0v) is 12.6. The number of nitrogens with zero attached hydrogens (tertiary/aromatic N) is 1. The first kappa shape index (κ1) is 14.2. The first-order valence-corrected chi connectivity index (χ1v) is 7.11. The van der Waals surface area contributed by atoms with Crippen LogP contribution in [0.15, 0.2) is 24.3 Å². The lowest BCUT2D eigenvalue weighted by molar-refractivity contribution is 0.184. The Morgan fingerprint density at radius 2 is 2.21 bits per heavy atom. The summed E-state index contributed by atoms with van der Waals surface area (Å²) >= 11 is 0. The molecule has 0 amide bonds. The fourth-order valence-corrected chi connectivity index (χ4v) is 2.81. The molecule has 1 saturated heterocycles. The van der Waals surface area contributed by atoms with Crippen LogP contribution >= 0.6 is 0 Å². The summed E-state index contributed by atoms with van der Waals surface area (Å²) < 4.78 is 5.29. The van der Waals surface area contributed by atoms with Gasteiger partial charge in [-0.1, -0.05) is 19.9 Å². The van der Waals surface area contributed by atoms with Gasteiger partial charge in [-0.3, -0.25) is 0 Å². The van der Waals surface area contributed by atoms with Crippen LogP contribution in [0.4, 0.5) is 5.69 Å². The third-order valence-electron chi connectivity index (χ3n) is 4.28. The van der Waals surface area contributed by atoms with Gasteiger partial charge in [0.2, 0.25) is 0 Å². The van der Waals surface area contributed by atoms with Crippen LogP contribution in [-0.4, -0.2) is 33.3 Å². The predicted octanol–water partition coefficient (Wildman–Crippen LogP) is 2.91. The molecule has 1 atom stereocenters. The van der Waals surface area contributed by atoms with Crippen molar-refractivity contribution in [2.24, 2.45) is 5.41 Å². The number of piperidine rings is 1. The molecular weight excluding hydrogens is 236 g/mol. The van der Waals surface area contributed by atoms with Crippen molar-refractivity contribution < 1.29 is 4.74 Å². The van der Waals surface area contributed by atoms with Gasteiger partial charge in [-0.05, 0) is 36.9 Å². The minimum absolute atomic E-state index is 0.366. The molecule has 19 heavy (non-hydrogen) atoms. The molecule has 106 valence electrons. The van der Waals surface area contributed by atoms with Gasteiger partial charge in [0.15, 0.2) is 0 Å². The van der Waals surface area contributed by atoms with Crippen LogP contribution in [0.3, 0.4) is 0 Å². The molecule has 1 N–H and O–H groups in total. The molecular formula is C16H26N2O. The fraction of sp³-hybridized carbons (Fsp3) is 0.625. The second-order valence-electron chi connectivity index (χ2n) is 6.18. The van der Waals surface area contributed by atoms with Gasteiger partial charge in [-0.15, -0.1) is 0 Å². The Morgan fingerprint density at radius 3 is 2.89 bits per heavy atom. The molecule has 0 radical (unpaired) electrons. The number of benzene rings is 1. The van der Waals surface area contributed by atoms with Gasteiger partial charge in [0, 0.05) is 31.4 Å². The molecule has 1 unspecified atom stereocenters. The van der Waals surface area contributed by atoms with Gasteiger partial charge in [0.25, 0.3) is 0 Å². The first-order chi connectivity index (χ1) is 9.03. The Morgan fingerprint density at radius 1 is 1.42 bits per heavy atom. The van der Waals surface area contributed by atoms with Crippen LogP contribution in [0, 0.1) is 5.41 Å². The van der Waals surface area contributed by atoms with Crippen molar-refractivity contribution >= 4 is 5.69 Å². The molecule has 0 saturated carbocycles. The molecule has 1 fully saturated rings. The highest BCUT2D eigenvalue weighted by atomic mass is 16.5. The fourth-order valence-electron chi connectivity index (χ4n) is 2.81. The molecule has 2 rings (SSSR count). The van der Waals surface area contributed by atoms with E-state index in [1.807, 2.05) is 12.1 Å². The molecule has 0 bridgehead atoms. The van der Waals surface area contributed by atoms with Crippen LogP contribution in [-0.2, 0) is 0 Å². The first-order valence-electron chi connectivity index (χ1n) is 7.11. The van der Waals surface area contributed by atoms with Gasteiger partial charge in [-0.2, -0.15) is 0 Å². The average Bonchev–Trinajstić information content (AvgIpc) is 2.41. The van der Waals surface area contributed by atoms with Crippen molar-refractivity contribution in [3.8, 4) is 5.75 Å². The maximum Gasteiger partial charge on any atom is 0.120 e. The summed E-state index contributed by atoms with van der Waals surface area (Å²) in [7, 11) is 3.87. The van der Waals surface area contributed by atoms with E-state index in [1.54, 1.807) is 7.11 Å². The van der Waals surface area contributed by atoms with Crippen LogP contribution in [0.1, 0.15) is 26.7 Å². The molecule has 0 aromatic heterocycles. The molecule has 0 spiro atoms. The molecule has 1 aliphatic heterocycles. The van der Waals surface area contributed by atoms with Crippen molar-refractivity contribution in [2.75, 3.05) is 32.1 Å². The van der Waals surface area contributed by atoms with E-state index in [2.05, 4.69) is 43.2 Å². The van der Waals surface area contributed by atoms with Crippen molar-refractivity contribution in [1.29, 1.82) is 0 Å². The summed E-state index contributed by atoms with van der Waals surface area (Å²) in [6, 6.07) is 8.80. The predicted molar refractivity (Wildman–Crippen MR) is 81.1 cm³/mol. The highest BCUT2D eigenvalue weighted by Gasteiger charge is 2.32. The molecule has 1 aromatic rings. The van der Waals surface area contributed by atoms with E-state index in [4.69, 9.17) is 4.74 Å². The second-order valence-corrected chi connectivity index (χ2v) is 6.18. The Labute approximate surface area is 116 Å². The average molecular weight is 262 g/mol. The number of ether oxygens (including phenoxy) is 1. The number of hydrogen-bond donors (Lipinski definition) is 1. The summed E-state index contributed by atoms with van der Waals surface area (Å²) in [5.41, 5.74) is 1.58. The highest BCUT2D eigenvalue weighted by molar-refractivity contribution is 5.50. The van der Waals surface area contributed by atoms with Crippen LogP contribution < -0.4 is 15.0 Å². The van der Waals surface area contributed by atoms with Crippen LogP contribution in [0.5, 0.6) is 5.75 Å². The monoisotopic (exact) mass is 262 g/mol. The molecule has 1 aliphatic rings. The number of methoxy groups -OCH3 is 1. The molecule has 3 nitrogen and oxygen atoms in total. The lowest BCUT2D eigenvalue weighted by atomic mass is 9.77. The molecule has 0 aliphatic carbocycles. The van der Waals surface area contributed by atoms with Crippen molar-refractivity contribution in [1.82, 2.24) is 5.32 Å². The number of rotatable bonds is 4. The van der Waals surface area contributed by atoms with Gasteiger partial charge < -0.3 is 15.0 Å². The zero-order valence-electron chi connectivity index (χ0n) is 12.6. The van der Waals surface area contributed by atoms with Gasteiger partial charge in [0.05, 0.1) is 7.11 Å². The number of likely N-dealkylation sites (N-methyl/N-ethyl adjacent to an activating group) is 1. The summed E-state index contributed by atoms with van der Waals surface area (Å²) in [4.78, 5) is 2.31. The zero-order chi connectivity index (χ0) is 13.9. The molecule has 1 aromatic carbocycles. The normalized spacial score (nSPS) is 22.0. The number of hydrogen-bond acceptors (Lipinski definition) is 3. The van der Waals surface area contributed by atoms with E-state index in [0.717, 1.165) is 18.8 Å². The topological polar surface area (TPSA) is 24.5 Å². The standard InChI is InChI=1S/C16H26N2O/c1-16(2)9-6-10-17-15(16)12-18(3)13-7-5-8-14(11-13)19-4/h5,7-8,11,15,17H,6,9-10,12H2,1-4H3. The van der Waals surface area contributed by atoms with Crippen molar-refractivity contribution in [2.45, 2.75) is 32.7 Å². The molecule has 1 heterocycles. The minimum atomic E-state index is 0.366. The summed E-state index contributed by atoms with van der Waals surface area (Å²) in [5, 5.41) is 3.67. The highest BCUT2D eigenvalue weighted by Crippen LogP contribution is 2.31. The number of anilines is 1. The Hall–Kier alpha value is -1.22. The minimum Gasteiger partial charge on any atom is -0.497 e. The van der Waals surface area contributed by atoms with E-state index < -0.39 is 0 Å². The third kappa shape index (κ3) is 3.41. The smallest absolute Gasteiger partial charge is 0.120 e. The van der Waals surface area contributed by atoms with E-state index in [9.17, 15) is 0 Å². The number of nitrogens with one attached hydrogen (secondary N) is 1. The SMILES string of the molecule is COc1cccc(N(C)CC2NCCCC2(C)C)c1. The largest absolute Gasteiger partial charge is 0.497 e. The van der Waals surface area contributed by atoms with Gasteiger partial charge in [-0.25, -0.2) is 0 Å².